The summed E-state index contributed by atoms with van der Waals surface area (Å²) in [5.41, 5.74) is 2.54. The highest BCUT2D eigenvalue weighted by molar-refractivity contribution is 9.10. The van der Waals surface area contributed by atoms with E-state index in [0.717, 1.165) is 16.5 Å². The van der Waals surface area contributed by atoms with Gasteiger partial charge in [-0.2, -0.15) is 0 Å². The zero-order valence-corrected chi connectivity index (χ0v) is 17.8. The number of fused-ring (bicyclic) bond motifs is 1. The molecule has 1 heterocycles. The first-order valence-corrected chi connectivity index (χ1v) is 10.2. The molecule has 0 saturated heterocycles. The van der Waals surface area contributed by atoms with Gasteiger partial charge in [0.2, 0.25) is 11.8 Å². The SMILES string of the molecule is CC(C)C(=O)NC(Cc1c[nH]c2ccccc12)C(=O)NCc1cc(F)ccc1Br. The summed E-state index contributed by atoms with van der Waals surface area (Å²) in [5.74, 6) is -1.14. The quantitative estimate of drug-likeness (QED) is 0.498. The molecule has 5 nitrogen and oxygen atoms in total. The van der Waals surface area contributed by atoms with Crippen molar-refractivity contribution in [1.82, 2.24) is 15.6 Å². The number of hydrogen-bond donors (Lipinski definition) is 3. The summed E-state index contributed by atoms with van der Waals surface area (Å²) in [6.45, 7) is 3.71. The van der Waals surface area contributed by atoms with Crippen molar-refractivity contribution in [3.8, 4) is 0 Å². The molecule has 0 radical (unpaired) electrons. The van der Waals surface area contributed by atoms with E-state index in [9.17, 15) is 14.0 Å². The van der Waals surface area contributed by atoms with E-state index in [0.29, 0.717) is 16.5 Å². The van der Waals surface area contributed by atoms with Gasteiger partial charge in [-0.15, -0.1) is 0 Å². The van der Waals surface area contributed by atoms with E-state index < -0.39 is 6.04 Å². The van der Waals surface area contributed by atoms with Gasteiger partial charge in [-0.25, -0.2) is 4.39 Å². The molecule has 29 heavy (non-hydrogen) atoms. The highest BCUT2D eigenvalue weighted by Gasteiger charge is 2.23. The van der Waals surface area contributed by atoms with Crippen LogP contribution in [0.1, 0.15) is 25.0 Å². The lowest BCUT2D eigenvalue weighted by Gasteiger charge is -2.20. The van der Waals surface area contributed by atoms with Crippen molar-refractivity contribution >= 4 is 38.6 Å². The van der Waals surface area contributed by atoms with Gasteiger partial charge in [-0.3, -0.25) is 9.59 Å². The van der Waals surface area contributed by atoms with E-state index in [1.165, 1.54) is 12.1 Å². The first-order chi connectivity index (χ1) is 13.8. The normalized spacial score (nSPS) is 12.2. The molecule has 1 atom stereocenters. The van der Waals surface area contributed by atoms with Crippen LogP contribution >= 0.6 is 15.9 Å². The van der Waals surface area contributed by atoms with Crippen LogP contribution < -0.4 is 10.6 Å². The van der Waals surface area contributed by atoms with Crippen LogP contribution in [-0.4, -0.2) is 22.8 Å². The number of benzene rings is 2. The molecule has 0 aliphatic carbocycles. The maximum Gasteiger partial charge on any atom is 0.243 e. The van der Waals surface area contributed by atoms with Crippen LogP contribution in [0.4, 0.5) is 4.39 Å². The van der Waals surface area contributed by atoms with Gasteiger partial charge in [-0.05, 0) is 35.4 Å². The van der Waals surface area contributed by atoms with Gasteiger partial charge in [0.1, 0.15) is 11.9 Å². The smallest absolute Gasteiger partial charge is 0.243 e. The third-order valence-electron chi connectivity index (χ3n) is 4.72. The second kappa shape index (κ2) is 9.22. The van der Waals surface area contributed by atoms with Gasteiger partial charge in [-0.1, -0.05) is 48.0 Å². The second-order valence-corrected chi connectivity index (χ2v) is 8.09. The van der Waals surface area contributed by atoms with Crippen LogP contribution in [0.2, 0.25) is 0 Å². The Balaban J connectivity index is 1.77. The summed E-state index contributed by atoms with van der Waals surface area (Å²) in [6, 6.07) is 11.4. The summed E-state index contributed by atoms with van der Waals surface area (Å²) in [4.78, 5) is 28.3. The van der Waals surface area contributed by atoms with Crippen molar-refractivity contribution in [1.29, 1.82) is 0 Å². The zero-order chi connectivity index (χ0) is 21.0. The Kier molecular flexibility index (Phi) is 6.69. The van der Waals surface area contributed by atoms with E-state index in [-0.39, 0.29) is 30.1 Å². The summed E-state index contributed by atoms with van der Waals surface area (Å²) in [7, 11) is 0. The van der Waals surface area contributed by atoms with Crippen LogP contribution in [0.25, 0.3) is 10.9 Å². The number of rotatable bonds is 7. The molecule has 0 fully saturated rings. The number of aromatic amines is 1. The molecular formula is C22H23BrFN3O2. The molecular weight excluding hydrogens is 437 g/mol. The molecule has 152 valence electrons. The minimum Gasteiger partial charge on any atom is -0.361 e. The zero-order valence-electron chi connectivity index (χ0n) is 16.3. The first kappa shape index (κ1) is 21.0. The van der Waals surface area contributed by atoms with Crippen molar-refractivity contribution in [3.05, 3.63) is 70.1 Å². The number of amides is 2. The van der Waals surface area contributed by atoms with Crippen molar-refractivity contribution in [2.75, 3.05) is 0 Å². The van der Waals surface area contributed by atoms with Gasteiger partial charge >= 0.3 is 0 Å². The molecule has 0 aliphatic heterocycles. The van der Waals surface area contributed by atoms with Gasteiger partial charge in [0.05, 0.1) is 0 Å². The minimum atomic E-state index is -0.739. The van der Waals surface area contributed by atoms with E-state index >= 15 is 0 Å². The Morgan fingerprint density at radius 2 is 1.86 bits per heavy atom. The van der Waals surface area contributed by atoms with Crippen molar-refractivity contribution < 1.29 is 14.0 Å². The second-order valence-electron chi connectivity index (χ2n) is 7.23. The Labute approximate surface area is 177 Å². The number of para-hydroxylation sites is 1. The number of carbonyl (C=O) groups excluding carboxylic acids is 2. The molecule has 0 spiro atoms. The van der Waals surface area contributed by atoms with Crippen LogP contribution in [0.3, 0.4) is 0 Å². The fraction of sp³-hybridized carbons (Fsp3) is 0.273. The first-order valence-electron chi connectivity index (χ1n) is 9.42. The fourth-order valence-electron chi connectivity index (χ4n) is 3.05. The average Bonchev–Trinajstić information content (AvgIpc) is 3.10. The molecule has 1 unspecified atom stereocenters. The Hall–Kier alpha value is -2.67. The number of nitrogens with one attached hydrogen (secondary N) is 3. The summed E-state index contributed by atoms with van der Waals surface area (Å²) >= 11 is 3.36. The van der Waals surface area contributed by atoms with Crippen LogP contribution in [0, 0.1) is 11.7 Å². The standard InChI is InChI=1S/C22H23BrFN3O2/c1-13(2)21(28)27-20(10-14-11-25-19-6-4-3-5-17(14)19)22(29)26-12-15-9-16(24)7-8-18(15)23/h3-9,11,13,20,25H,10,12H2,1-2H3,(H,26,29)(H,27,28). The van der Waals surface area contributed by atoms with Gasteiger partial charge in [0, 0.05) is 40.5 Å². The maximum absolute atomic E-state index is 13.5. The predicted octanol–water partition coefficient (Wildman–Crippen LogP) is 4.07. The molecule has 0 saturated carbocycles. The van der Waals surface area contributed by atoms with Gasteiger partial charge in [0.15, 0.2) is 0 Å². The lowest BCUT2D eigenvalue weighted by atomic mass is 10.0. The molecule has 1 aromatic heterocycles. The molecule has 3 rings (SSSR count). The Morgan fingerprint density at radius 1 is 1.10 bits per heavy atom. The third-order valence-corrected chi connectivity index (χ3v) is 5.49. The average molecular weight is 460 g/mol. The highest BCUT2D eigenvalue weighted by Crippen LogP contribution is 2.20. The van der Waals surface area contributed by atoms with Crippen LogP contribution in [-0.2, 0) is 22.6 Å². The predicted molar refractivity (Wildman–Crippen MR) is 115 cm³/mol. The molecule has 3 N–H and O–H groups in total. The number of hydrogen-bond acceptors (Lipinski definition) is 2. The van der Waals surface area contributed by atoms with Gasteiger partial charge in [0.25, 0.3) is 0 Å². The number of halogens is 2. The monoisotopic (exact) mass is 459 g/mol. The van der Waals surface area contributed by atoms with Crippen molar-refractivity contribution in [3.63, 3.8) is 0 Å². The molecule has 0 aliphatic rings. The maximum atomic E-state index is 13.5. The minimum absolute atomic E-state index is 0.152. The Bertz CT molecular complexity index is 1030. The van der Waals surface area contributed by atoms with Crippen molar-refractivity contribution in [2.24, 2.45) is 5.92 Å². The largest absolute Gasteiger partial charge is 0.361 e. The van der Waals surface area contributed by atoms with E-state index in [2.05, 4.69) is 31.5 Å². The number of aromatic nitrogens is 1. The van der Waals surface area contributed by atoms with Crippen molar-refractivity contribution in [2.45, 2.75) is 32.9 Å². The number of H-pyrrole nitrogens is 1. The van der Waals surface area contributed by atoms with Crippen LogP contribution in [0.15, 0.2) is 53.1 Å². The van der Waals surface area contributed by atoms with Gasteiger partial charge < -0.3 is 15.6 Å². The van der Waals surface area contributed by atoms with E-state index in [4.69, 9.17) is 0 Å². The summed E-state index contributed by atoms with van der Waals surface area (Å²) in [6.07, 6.45) is 2.20. The summed E-state index contributed by atoms with van der Waals surface area (Å²) < 4.78 is 14.2. The fourth-order valence-corrected chi connectivity index (χ4v) is 3.44. The lowest BCUT2D eigenvalue weighted by Crippen LogP contribution is -2.49. The number of carbonyl (C=O) groups is 2. The molecule has 0 bridgehead atoms. The third kappa shape index (κ3) is 5.23. The summed E-state index contributed by atoms with van der Waals surface area (Å²) in [5, 5.41) is 6.65. The van der Waals surface area contributed by atoms with E-state index in [1.807, 2.05) is 30.5 Å². The van der Waals surface area contributed by atoms with E-state index in [1.54, 1.807) is 19.9 Å². The lowest BCUT2D eigenvalue weighted by molar-refractivity contribution is -0.130. The molecule has 2 aromatic carbocycles. The molecule has 7 heteroatoms. The molecule has 3 aromatic rings. The molecule has 2 amide bonds. The van der Waals surface area contributed by atoms with Crippen LogP contribution in [0.5, 0.6) is 0 Å². The highest BCUT2D eigenvalue weighted by atomic mass is 79.9. The Morgan fingerprint density at radius 3 is 2.62 bits per heavy atom. The topological polar surface area (TPSA) is 74.0 Å².